The molecule has 184 valence electrons. The van der Waals surface area contributed by atoms with Gasteiger partial charge in [-0.25, -0.2) is 9.78 Å². The molecule has 1 aromatic heterocycles. The van der Waals surface area contributed by atoms with E-state index in [0.29, 0.717) is 21.3 Å². The highest BCUT2D eigenvalue weighted by Gasteiger charge is 2.40. The number of aliphatic imine (C=N–C) groups is 1. The lowest BCUT2D eigenvalue weighted by molar-refractivity contribution is -0.155. The standard InChI is InChI=1S/C27H29Cl2N3O3/c1-14-21(16-7-9-17(28)10-8-16)22(24(26(33)34)35-27(3,4)5)15(2)30-23(14)25-31-19-12-11-18(29)13-20(19)32(25)6/h7-14,23-24H,1-6H3,(H,33,34)/t14?,23?,24-/m0/s1. The molecule has 2 heterocycles. The van der Waals surface area contributed by atoms with Gasteiger partial charge in [0.1, 0.15) is 11.9 Å². The van der Waals surface area contributed by atoms with E-state index in [1.807, 2.05) is 88.7 Å². The van der Waals surface area contributed by atoms with Gasteiger partial charge in [0.15, 0.2) is 6.10 Å². The lowest BCUT2D eigenvalue weighted by atomic mass is 9.79. The third-order valence-electron chi connectivity index (χ3n) is 6.20. The number of nitrogens with zero attached hydrogens (tertiary/aromatic N) is 3. The second-order valence-corrected chi connectivity index (χ2v) is 10.8. The fourth-order valence-electron chi connectivity index (χ4n) is 4.68. The van der Waals surface area contributed by atoms with Gasteiger partial charge in [-0.2, -0.15) is 0 Å². The van der Waals surface area contributed by atoms with Crippen LogP contribution in [0.15, 0.2) is 53.0 Å². The van der Waals surface area contributed by atoms with Crippen molar-refractivity contribution in [2.45, 2.75) is 52.4 Å². The second-order valence-electron chi connectivity index (χ2n) is 9.89. The number of halogens is 2. The topological polar surface area (TPSA) is 76.7 Å². The summed E-state index contributed by atoms with van der Waals surface area (Å²) in [6.45, 7) is 9.42. The third-order valence-corrected chi connectivity index (χ3v) is 6.68. The Bertz CT molecular complexity index is 1350. The van der Waals surface area contributed by atoms with E-state index in [9.17, 15) is 9.90 Å². The average molecular weight is 514 g/mol. The maximum atomic E-state index is 12.5. The number of fused-ring (bicyclic) bond motifs is 1. The molecule has 8 heteroatoms. The summed E-state index contributed by atoms with van der Waals surface area (Å²) in [4.78, 5) is 22.3. The number of aryl methyl sites for hydroxylation is 1. The van der Waals surface area contributed by atoms with Gasteiger partial charge in [-0.3, -0.25) is 4.99 Å². The van der Waals surface area contributed by atoms with E-state index in [0.717, 1.165) is 28.0 Å². The summed E-state index contributed by atoms with van der Waals surface area (Å²) in [6.07, 6.45) is -1.17. The van der Waals surface area contributed by atoms with E-state index >= 15 is 0 Å². The van der Waals surface area contributed by atoms with E-state index in [1.54, 1.807) is 0 Å². The first-order valence-electron chi connectivity index (χ1n) is 11.4. The monoisotopic (exact) mass is 513 g/mol. The smallest absolute Gasteiger partial charge is 0.337 e. The van der Waals surface area contributed by atoms with E-state index in [4.69, 9.17) is 37.9 Å². The minimum atomic E-state index is -1.17. The molecule has 2 unspecified atom stereocenters. The first kappa shape index (κ1) is 25.4. The molecule has 4 rings (SSSR count). The Labute approximate surface area is 215 Å². The fourth-order valence-corrected chi connectivity index (χ4v) is 4.97. The molecule has 1 aliphatic rings. The van der Waals surface area contributed by atoms with Crippen LogP contribution in [0.2, 0.25) is 10.0 Å². The molecular formula is C27H29Cl2N3O3. The van der Waals surface area contributed by atoms with Crippen molar-refractivity contribution in [1.82, 2.24) is 9.55 Å². The summed E-state index contributed by atoms with van der Waals surface area (Å²) in [5.41, 5.74) is 3.99. The second kappa shape index (κ2) is 9.41. The van der Waals surface area contributed by atoms with Gasteiger partial charge in [-0.05, 0) is 69.2 Å². The Hall–Kier alpha value is -2.67. The molecule has 0 saturated heterocycles. The van der Waals surface area contributed by atoms with Crippen LogP contribution >= 0.6 is 23.2 Å². The van der Waals surface area contributed by atoms with Crippen molar-refractivity contribution in [3.8, 4) is 0 Å². The zero-order chi connectivity index (χ0) is 25.7. The lowest BCUT2D eigenvalue weighted by Gasteiger charge is -2.35. The number of imidazole rings is 1. The number of hydrogen-bond acceptors (Lipinski definition) is 4. The molecule has 0 radical (unpaired) electrons. The van der Waals surface area contributed by atoms with Gasteiger partial charge in [-0.15, -0.1) is 0 Å². The first-order valence-corrected chi connectivity index (χ1v) is 12.2. The van der Waals surface area contributed by atoms with Crippen LogP contribution in [-0.2, 0) is 16.6 Å². The van der Waals surface area contributed by atoms with Gasteiger partial charge in [-0.1, -0.05) is 42.3 Å². The molecule has 0 fully saturated rings. The van der Waals surface area contributed by atoms with Gasteiger partial charge in [0.25, 0.3) is 0 Å². The summed E-state index contributed by atoms with van der Waals surface area (Å²) in [7, 11) is 1.95. The number of aromatic nitrogens is 2. The summed E-state index contributed by atoms with van der Waals surface area (Å²) in [5.74, 6) is -0.464. The lowest BCUT2D eigenvalue weighted by Crippen LogP contribution is -2.39. The number of ether oxygens (including phenoxy) is 1. The highest BCUT2D eigenvalue weighted by Crippen LogP contribution is 2.44. The van der Waals surface area contributed by atoms with E-state index < -0.39 is 17.7 Å². The van der Waals surface area contributed by atoms with Crippen molar-refractivity contribution < 1.29 is 14.6 Å². The minimum Gasteiger partial charge on any atom is -0.479 e. The Balaban J connectivity index is 1.93. The Morgan fingerprint density at radius 3 is 2.34 bits per heavy atom. The molecule has 0 saturated carbocycles. The number of rotatable bonds is 5. The number of benzene rings is 2. The Morgan fingerprint density at radius 1 is 1.11 bits per heavy atom. The van der Waals surface area contributed by atoms with E-state index in [1.165, 1.54) is 0 Å². The van der Waals surface area contributed by atoms with Crippen LogP contribution in [-0.4, -0.2) is 38.0 Å². The molecular weight excluding hydrogens is 485 g/mol. The number of carboxylic acids is 1. The summed E-state index contributed by atoms with van der Waals surface area (Å²) in [6, 6.07) is 12.7. The van der Waals surface area contributed by atoms with Crippen LogP contribution in [0, 0.1) is 5.92 Å². The molecule has 3 atom stereocenters. The van der Waals surface area contributed by atoms with Crippen molar-refractivity contribution in [2.75, 3.05) is 0 Å². The van der Waals surface area contributed by atoms with Crippen LogP contribution in [0.5, 0.6) is 0 Å². The Morgan fingerprint density at radius 2 is 1.74 bits per heavy atom. The molecule has 0 aliphatic carbocycles. The van der Waals surface area contributed by atoms with Gasteiger partial charge in [0, 0.05) is 34.3 Å². The van der Waals surface area contributed by atoms with Crippen LogP contribution in [0.3, 0.4) is 0 Å². The zero-order valence-corrected chi connectivity index (χ0v) is 22.1. The van der Waals surface area contributed by atoms with Crippen LogP contribution < -0.4 is 0 Å². The van der Waals surface area contributed by atoms with Gasteiger partial charge < -0.3 is 14.4 Å². The van der Waals surface area contributed by atoms with Crippen molar-refractivity contribution in [1.29, 1.82) is 0 Å². The number of hydrogen-bond donors (Lipinski definition) is 1. The third kappa shape index (κ3) is 5.01. The maximum absolute atomic E-state index is 12.5. The van der Waals surface area contributed by atoms with Crippen molar-refractivity contribution in [3.63, 3.8) is 0 Å². The summed E-state index contributed by atoms with van der Waals surface area (Å²) in [5, 5.41) is 11.4. The average Bonchev–Trinajstić information content (AvgIpc) is 3.09. The molecule has 0 spiro atoms. The molecule has 3 aromatic rings. The predicted molar refractivity (Wildman–Crippen MR) is 141 cm³/mol. The summed E-state index contributed by atoms with van der Waals surface area (Å²) < 4.78 is 8.06. The SMILES string of the molecule is CC1=NC(c2nc3ccc(Cl)cc3n2C)C(C)C(c2ccc(Cl)cc2)=C1[C@H](OC(C)(C)C)C(=O)O. The number of dihydropyridines is 1. The number of carboxylic acid groups (broad SMARTS) is 1. The molecule has 35 heavy (non-hydrogen) atoms. The zero-order valence-electron chi connectivity index (χ0n) is 20.6. The highest BCUT2D eigenvalue weighted by molar-refractivity contribution is 6.31. The predicted octanol–water partition coefficient (Wildman–Crippen LogP) is 6.75. The Kier molecular flexibility index (Phi) is 6.84. The molecule has 6 nitrogen and oxygen atoms in total. The van der Waals surface area contributed by atoms with E-state index in [-0.39, 0.29) is 12.0 Å². The van der Waals surface area contributed by atoms with Gasteiger partial charge in [0.05, 0.1) is 16.6 Å². The van der Waals surface area contributed by atoms with E-state index in [2.05, 4.69) is 0 Å². The molecule has 2 aromatic carbocycles. The molecule has 0 amide bonds. The summed E-state index contributed by atoms with van der Waals surface area (Å²) >= 11 is 12.4. The number of carbonyl (C=O) groups is 1. The normalized spacial score (nSPS) is 19.7. The quantitative estimate of drug-likeness (QED) is 0.409. The maximum Gasteiger partial charge on any atom is 0.337 e. The fraction of sp³-hybridized carbons (Fsp3) is 0.370. The molecule has 1 N–H and O–H groups in total. The highest BCUT2D eigenvalue weighted by atomic mass is 35.5. The van der Waals surface area contributed by atoms with Gasteiger partial charge in [0.2, 0.25) is 0 Å². The van der Waals surface area contributed by atoms with Crippen molar-refractivity contribution in [3.05, 3.63) is 69.5 Å². The molecule has 0 bridgehead atoms. The minimum absolute atomic E-state index is 0.189. The van der Waals surface area contributed by atoms with Crippen molar-refractivity contribution >= 4 is 51.5 Å². The largest absolute Gasteiger partial charge is 0.479 e. The van der Waals surface area contributed by atoms with Crippen molar-refractivity contribution in [2.24, 2.45) is 18.0 Å². The van der Waals surface area contributed by atoms with Crippen LogP contribution in [0.1, 0.15) is 52.0 Å². The first-order chi connectivity index (χ1) is 16.4. The van der Waals surface area contributed by atoms with Gasteiger partial charge >= 0.3 is 5.97 Å². The van der Waals surface area contributed by atoms with Crippen LogP contribution in [0.25, 0.3) is 16.6 Å². The number of aliphatic carboxylic acids is 1. The molecule has 1 aliphatic heterocycles. The van der Waals surface area contributed by atoms with Crippen LogP contribution in [0.4, 0.5) is 0 Å².